The van der Waals surface area contributed by atoms with Gasteiger partial charge in [-0.15, -0.1) is 5.10 Å². The number of hydrogen-bond donors (Lipinski definition) is 0. The highest BCUT2D eigenvalue weighted by Gasteiger charge is 2.36. The molecule has 0 saturated carbocycles. The fourth-order valence-electron chi connectivity index (χ4n) is 4.31. The van der Waals surface area contributed by atoms with Gasteiger partial charge < -0.3 is 9.47 Å². The molecule has 4 heterocycles. The van der Waals surface area contributed by atoms with Crippen molar-refractivity contribution >= 4 is 5.91 Å². The maximum absolute atomic E-state index is 13.1. The maximum Gasteiger partial charge on any atom is 0.253 e. The number of rotatable bonds is 2. The van der Waals surface area contributed by atoms with Crippen molar-refractivity contribution < 1.29 is 4.79 Å². The van der Waals surface area contributed by atoms with Gasteiger partial charge in [-0.05, 0) is 47.0 Å². The molecule has 0 spiro atoms. The molecule has 2 bridgehead atoms. The molecule has 0 unspecified atom stereocenters. The lowest BCUT2D eigenvalue weighted by Gasteiger charge is -2.42. The summed E-state index contributed by atoms with van der Waals surface area (Å²) < 4.78 is 3.41. The van der Waals surface area contributed by atoms with E-state index < -0.39 is 0 Å². The lowest BCUT2D eigenvalue weighted by molar-refractivity contribution is 0.0594. The third-order valence-electron chi connectivity index (χ3n) is 5.47. The Bertz CT molecular complexity index is 1060. The van der Waals surface area contributed by atoms with Gasteiger partial charge >= 0.3 is 0 Å². The van der Waals surface area contributed by atoms with Crippen molar-refractivity contribution in [3.05, 3.63) is 70.4 Å². The van der Waals surface area contributed by atoms with Gasteiger partial charge in [-0.1, -0.05) is 12.1 Å². The van der Waals surface area contributed by atoms with Gasteiger partial charge in [0, 0.05) is 42.9 Å². The topological polar surface area (TPSA) is 85.9 Å². The molecular weight excluding hydrogens is 344 g/mol. The van der Waals surface area contributed by atoms with Crippen molar-refractivity contribution in [1.82, 2.24) is 29.7 Å². The van der Waals surface area contributed by atoms with Crippen LogP contribution in [0.25, 0.3) is 5.69 Å². The van der Waals surface area contributed by atoms with E-state index in [4.69, 9.17) is 0 Å². The fourth-order valence-corrected chi connectivity index (χ4v) is 4.31. The zero-order valence-electron chi connectivity index (χ0n) is 14.6. The second-order valence-corrected chi connectivity index (χ2v) is 7.21. The van der Waals surface area contributed by atoms with Crippen LogP contribution in [0.1, 0.15) is 28.4 Å². The molecule has 0 aliphatic carbocycles. The molecule has 1 aromatic carbocycles. The van der Waals surface area contributed by atoms with Gasteiger partial charge in [0.05, 0.1) is 5.69 Å². The summed E-state index contributed by atoms with van der Waals surface area (Å²) in [7, 11) is 0. The van der Waals surface area contributed by atoms with E-state index >= 15 is 0 Å². The molecule has 0 N–H and O–H groups in total. The van der Waals surface area contributed by atoms with E-state index in [2.05, 4.69) is 15.5 Å². The summed E-state index contributed by atoms with van der Waals surface area (Å²) in [6.45, 7) is 1.99. The highest BCUT2D eigenvalue weighted by atomic mass is 16.2. The molecular formula is C19H18N6O2. The van der Waals surface area contributed by atoms with Gasteiger partial charge in [-0.3, -0.25) is 9.59 Å². The number of nitrogens with zero attached hydrogens (tertiary/aromatic N) is 6. The molecule has 2 aliphatic rings. The normalized spacial score (nSPS) is 21.0. The number of carbonyl (C=O) groups excluding carboxylic acids is 1. The van der Waals surface area contributed by atoms with Crippen molar-refractivity contribution in [1.29, 1.82) is 0 Å². The van der Waals surface area contributed by atoms with Crippen LogP contribution in [0.15, 0.2) is 53.6 Å². The summed E-state index contributed by atoms with van der Waals surface area (Å²) in [5, 5.41) is 11.2. The van der Waals surface area contributed by atoms with Crippen molar-refractivity contribution in [2.45, 2.75) is 18.9 Å². The predicted octanol–water partition coefficient (Wildman–Crippen LogP) is 1.08. The summed E-state index contributed by atoms with van der Waals surface area (Å²) >= 11 is 0. The van der Waals surface area contributed by atoms with E-state index in [-0.39, 0.29) is 17.4 Å². The van der Waals surface area contributed by atoms with Crippen molar-refractivity contribution in [3.63, 3.8) is 0 Å². The SMILES string of the molecule is O=C(c1cccc(-n2cnnn2)c1)N1C[C@H]2C[C@H](C1)c1cccc(=O)n1C2. The van der Waals surface area contributed by atoms with Crippen LogP contribution in [-0.2, 0) is 6.54 Å². The van der Waals surface area contributed by atoms with Crippen molar-refractivity contribution in [2.75, 3.05) is 13.1 Å². The first-order chi connectivity index (χ1) is 13.2. The Morgan fingerprint density at radius 3 is 2.81 bits per heavy atom. The number of benzene rings is 1. The largest absolute Gasteiger partial charge is 0.338 e. The highest BCUT2D eigenvalue weighted by Crippen LogP contribution is 2.35. The number of hydrogen-bond acceptors (Lipinski definition) is 5. The standard InChI is InChI=1S/C19H18N6O2/c26-18-6-2-5-17-15-7-13(10-24(17)18)9-23(11-15)19(27)14-3-1-4-16(8-14)25-12-20-21-22-25/h1-6,8,12-13,15H,7,9-11H2/t13-,15-/m1/s1. The maximum atomic E-state index is 13.1. The quantitative estimate of drug-likeness (QED) is 0.681. The van der Waals surface area contributed by atoms with Crippen LogP contribution >= 0.6 is 0 Å². The average Bonchev–Trinajstić information content (AvgIpc) is 3.23. The van der Waals surface area contributed by atoms with Crippen LogP contribution in [0.2, 0.25) is 0 Å². The zero-order valence-corrected chi connectivity index (χ0v) is 14.6. The molecule has 2 aliphatic heterocycles. The number of likely N-dealkylation sites (tertiary alicyclic amines) is 1. The van der Waals surface area contributed by atoms with Gasteiger partial charge in [0.2, 0.25) is 0 Å². The predicted molar refractivity (Wildman–Crippen MR) is 96.6 cm³/mol. The molecule has 0 radical (unpaired) electrons. The first kappa shape index (κ1) is 15.9. The summed E-state index contributed by atoms with van der Waals surface area (Å²) in [4.78, 5) is 27.2. The number of pyridine rings is 1. The van der Waals surface area contributed by atoms with Gasteiger partial charge in [-0.25, -0.2) is 4.68 Å². The summed E-state index contributed by atoms with van der Waals surface area (Å²) in [5.41, 5.74) is 2.46. The third kappa shape index (κ3) is 2.73. The zero-order chi connectivity index (χ0) is 18.4. The Kier molecular flexibility index (Phi) is 3.63. The van der Waals surface area contributed by atoms with Crippen LogP contribution in [0.5, 0.6) is 0 Å². The summed E-state index contributed by atoms with van der Waals surface area (Å²) in [6, 6.07) is 12.8. The molecule has 8 nitrogen and oxygen atoms in total. The smallest absolute Gasteiger partial charge is 0.253 e. The van der Waals surface area contributed by atoms with E-state index in [1.807, 2.05) is 45.9 Å². The minimum atomic E-state index is 0.00588. The molecule has 27 heavy (non-hydrogen) atoms. The van der Waals surface area contributed by atoms with Crippen LogP contribution in [0, 0.1) is 5.92 Å². The van der Waals surface area contributed by atoms with Gasteiger partial charge in [0.15, 0.2) is 0 Å². The van der Waals surface area contributed by atoms with Gasteiger partial charge in [0.1, 0.15) is 6.33 Å². The number of carbonyl (C=O) groups is 1. The number of piperidine rings is 1. The first-order valence-electron chi connectivity index (χ1n) is 9.01. The van der Waals surface area contributed by atoms with E-state index in [1.54, 1.807) is 6.07 Å². The molecule has 1 fully saturated rings. The Labute approximate surface area is 155 Å². The molecule has 5 rings (SSSR count). The molecule has 2 atom stereocenters. The summed E-state index contributed by atoms with van der Waals surface area (Å²) in [5.74, 6) is 0.521. The third-order valence-corrected chi connectivity index (χ3v) is 5.47. The lowest BCUT2D eigenvalue weighted by Crippen LogP contribution is -2.49. The molecule has 3 aromatic rings. The Hall–Kier alpha value is -3.29. The van der Waals surface area contributed by atoms with Crippen LogP contribution < -0.4 is 5.56 Å². The molecule has 1 amide bonds. The summed E-state index contributed by atoms with van der Waals surface area (Å²) in [6.07, 6.45) is 2.53. The number of tetrazole rings is 1. The Morgan fingerprint density at radius 1 is 1.07 bits per heavy atom. The minimum Gasteiger partial charge on any atom is -0.338 e. The fraction of sp³-hybridized carbons (Fsp3) is 0.316. The molecule has 136 valence electrons. The Morgan fingerprint density at radius 2 is 1.96 bits per heavy atom. The monoisotopic (exact) mass is 362 g/mol. The van der Waals surface area contributed by atoms with Crippen LogP contribution in [-0.4, -0.2) is 48.7 Å². The van der Waals surface area contributed by atoms with Gasteiger partial charge in [-0.2, -0.15) is 0 Å². The van der Waals surface area contributed by atoms with E-state index in [1.165, 1.54) is 11.0 Å². The van der Waals surface area contributed by atoms with Crippen LogP contribution in [0.4, 0.5) is 0 Å². The minimum absolute atomic E-state index is 0.00588. The van der Waals surface area contributed by atoms with Crippen molar-refractivity contribution in [3.8, 4) is 5.69 Å². The second kappa shape index (κ2) is 6.15. The molecule has 8 heteroatoms. The van der Waals surface area contributed by atoms with Crippen molar-refractivity contribution in [2.24, 2.45) is 5.92 Å². The van der Waals surface area contributed by atoms with Gasteiger partial charge in [0.25, 0.3) is 11.5 Å². The average molecular weight is 362 g/mol. The molecule has 2 aromatic heterocycles. The van der Waals surface area contributed by atoms with E-state index in [0.717, 1.165) is 17.8 Å². The first-order valence-corrected chi connectivity index (χ1v) is 9.01. The molecule has 1 saturated heterocycles. The second-order valence-electron chi connectivity index (χ2n) is 7.21. The van der Waals surface area contributed by atoms with E-state index in [9.17, 15) is 9.59 Å². The highest BCUT2D eigenvalue weighted by molar-refractivity contribution is 5.94. The number of amides is 1. The Balaban J connectivity index is 1.43. The number of fused-ring (bicyclic) bond motifs is 4. The number of aromatic nitrogens is 5. The van der Waals surface area contributed by atoms with Crippen LogP contribution in [0.3, 0.4) is 0 Å². The van der Waals surface area contributed by atoms with E-state index in [0.29, 0.717) is 31.1 Å². The lowest BCUT2D eigenvalue weighted by atomic mass is 9.83.